The average Bonchev–Trinajstić information content (AvgIpc) is 2.28. The number of primary amides is 1. The second kappa shape index (κ2) is 6.11. The van der Waals surface area contributed by atoms with Crippen molar-refractivity contribution in [1.82, 2.24) is 5.32 Å². The van der Waals surface area contributed by atoms with Crippen molar-refractivity contribution in [3.05, 3.63) is 35.6 Å². The van der Waals surface area contributed by atoms with Crippen LogP contribution in [0.4, 0.5) is 4.39 Å². The topological polar surface area (TPSA) is 98.2 Å². The zero-order valence-electron chi connectivity index (χ0n) is 10.0. The number of carbonyl (C=O) groups is 2. The Hall–Kier alpha value is -1.95. The van der Waals surface area contributed by atoms with Crippen LogP contribution < -0.4 is 16.8 Å². The van der Waals surface area contributed by atoms with Crippen molar-refractivity contribution in [2.45, 2.75) is 25.4 Å². The number of nitrogens with one attached hydrogen (secondary N) is 1. The van der Waals surface area contributed by atoms with Crippen LogP contribution in [-0.2, 0) is 9.59 Å². The first-order valence-electron chi connectivity index (χ1n) is 5.50. The number of hydrogen-bond acceptors (Lipinski definition) is 3. The van der Waals surface area contributed by atoms with E-state index in [-0.39, 0.29) is 6.42 Å². The summed E-state index contributed by atoms with van der Waals surface area (Å²) in [5, 5.41) is 2.53. The number of hydrogen-bond donors (Lipinski definition) is 3. The molecule has 5 N–H and O–H groups in total. The van der Waals surface area contributed by atoms with Gasteiger partial charge >= 0.3 is 0 Å². The summed E-state index contributed by atoms with van der Waals surface area (Å²) < 4.78 is 13.4. The second-order valence-electron chi connectivity index (χ2n) is 4.03. The molecule has 98 valence electrons. The fourth-order valence-corrected chi connectivity index (χ4v) is 1.53. The van der Waals surface area contributed by atoms with Crippen LogP contribution in [0, 0.1) is 5.82 Å². The molecule has 1 aromatic rings. The molecule has 5 nitrogen and oxygen atoms in total. The van der Waals surface area contributed by atoms with E-state index in [1.54, 1.807) is 25.1 Å². The van der Waals surface area contributed by atoms with Crippen molar-refractivity contribution < 1.29 is 14.0 Å². The maximum atomic E-state index is 13.4. The lowest BCUT2D eigenvalue weighted by Gasteiger charge is -2.17. The first kappa shape index (κ1) is 14.1. The average molecular weight is 253 g/mol. The van der Waals surface area contributed by atoms with Crippen LogP contribution in [-0.4, -0.2) is 17.9 Å². The molecule has 2 unspecified atom stereocenters. The van der Waals surface area contributed by atoms with Crippen molar-refractivity contribution in [2.24, 2.45) is 11.5 Å². The second-order valence-corrected chi connectivity index (χ2v) is 4.03. The van der Waals surface area contributed by atoms with Crippen LogP contribution >= 0.6 is 0 Å². The van der Waals surface area contributed by atoms with E-state index >= 15 is 0 Å². The summed E-state index contributed by atoms with van der Waals surface area (Å²) in [4.78, 5) is 22.2. The minimum absolute atomic E-state index is 0.240. The largest absolute Gasteiger partial charge is 0.370 e. The van der Waals surface area contributed by atoms with Crippen molar-refractivity contribution in [2.75, 3.05) is 0 Å². The fourth-order valence-electron chi connectivity index (χ4n) is 1.53. The molecule has 0 heterocycles. The van der Waals surface area contributed by atoms with Crippen molar-refractivity contribution >= 4 is 11.8 Å². The summed E-state index contributed by atoms with van der Waals surface area (Å²) in [7, 11) is 0. The molecular weight excluding hydrogens is 237 g/mol. The lowest BCUT2D eigenvalue weighted by Crippen LogP contribution is -2.43. The Balaban J connectivity index is 2.65. The molecule has 1 rings (SSSR count). The van der Waals surface area contributed by atoms with Crippen molar-refractivity contribution in [3.8, 4) is 0 Å². The minimum atomic E-state index is -1.02. The molecule has 0 aliphatic rings. The SMILES string of the molecule is CC(NC(=O)C(N)CC(N)=O)c1ccccc1F. The first-order valence-corrected chi connectivity index (χ1v) is 5.50. The Morgan fingerprint density at radius 1 is 1.39 bits per heavy atom. The van der Waals surface area contributed by atoms with E-state index in [1.807, 2.05) is 0 Å². The molecule has 0 fully saturated rings. The van der Waals surface area contributed by atoms with Gasteiger partial charge in [0.15, 0.2) is 0 Å². The van der Waals surface area contributed by atoms with Gasteiger partial charge in [-0.1, -0.05) is 18.2 Å². The van der Waals surface area contributed by atoms with E-state index in [9.17, 15) is 14.0 Å². The molecule has 6 heteroatoms. The molecular formula is C12H16FN3O2. The van der Waals surface area contributed by atoms with Gasteiger partial charge < -0.3 is 16.8 Å². The van der Waals surface area contributed by atoms with Gasteiger partial charge in [-0.25, -0.2) is 4.39 Å². The lowest BCUT2D eigenvalue weighted by atomic mass is 10.1. The van der Waals surface area contributed by atoms with E-state index in [2.05, 4.69) is 5.32 Å². The summed E-state index contributed by atoms with van der Waals surface area (Å²) in [6, 6.07) is 4.56. The van der Waals surface area contributed by atoms with Crippen LogP contribution in [0.15, 0.2) is 24.3 Å². The molecule has 0 aromatic heterocycles. The molecule has 0 spiro atoms. The minimum Gasteiger partial charge on any atom is -0.370 e. The Morgan fingerprint density at radius 3 is 2.56 bits per heavy atom. The number of nitrogens with two attached hydrogens (primary N) is 2. The quantitative estimate of drug-likeness (QED) is 0.699. The van der Waals surface area contributed by atoms with E-state index in [0.717, 1.165) is 0 Å². The maximum absolute atomic E-state index is 13.4. The predicted molar refractivity (Wildman–Crippen MR) is 64.7 cm³/mol. The van der Waals surface area contributed by atoms with E-state index in [4.69, 9.17) is 11.5 Å². The van der Waals surface area contributed by atoms with Crippen LogP contribution in [0.5, 0.6) is 0 Å². The van der Waals surface area contributed by atoms with Crippen molar-refractivity contribution in [1.29, 1.82) is 0 Å². The van der Waals surface area contributed by atoms with Gasteiger partial charge in [0.25, 0.3) is 0 Å². The van der Waals surface area contributed by atoms with Gasteiger partial charge in [0.1, 0.15) is 5.82 Å². The molecule has 0 radical (unpaired) electrons. The number of benzene rings is 1. The van der Waals surface area contributed by atoms with E-state index in [0.29, 0.717) is 5.56 Å². The van der Waals surface area contributed by atoms with Gasteiger partial charge in [-0.05, 0) is 13.0 Å². The van der Waals surface area contributed by atoms with Crippen LogP contribution in [0.25, 0.3) is 0 Å². The molecule has 2 atom stereocenters. The summed E-state index contributed by atoms with van der Waals surface area (Å²) in [5.41, 5.74) is 10.8. The van der Waals surface area contributed by atoms with Crippen molar-refractivity contribution in [3.63, 3.8) is 0 Å². The third kappa shape index (κ3) is 3.81. The van der Waals surface area contributed by atoms with E-state index < -0.39 is 29.7 Å². The zero-order valence-corrected chi connectivity index (χ0v) is 10.0. The Morgan fingerprint density at radius 2 is 2.00 bits per heavy atom. The van der Waals surface area contributed by atoms with Gasteiger partial charge in [0.05, 0.1) is 18.5 Å². The normalized spacial score (nSPS) is 13.7. The number of amides is 2. The van der Waals surface area contributed by atoms with Gasteiger partial charge in [-0.3, -0.25) is 9.59 Å². The highest BCUT2D eigenvalue weighted by atomic mass is 19.1. The smallest absolute Gasteiger partial charge is 0.237 e. The highest BCUT2D eigenvalue weighted by Gasteiger charge is 2.19. The Kier molecular flexibility index (Phi) is 4.79. The third-order valence-electron chi connectivity index (χ3n) is 2.49. The highest BCUT2D eigenvalue weighted by molar-refractivity contribution is 5.87. The monoisotopic (exact) mass is 253 g/mol. The van der Waals surface area contributed by atoms with E-state index in [1.165, 1.54) is 6.07 Å². The number of carbonyl (C=O) groups excluding carboxylic acids is 2. The maximum Gasteiger partial charge on any atom is 0.237 e. The molecule has 2 amide bonds. The zero-order chi connectivity index (χ0) is 13.7. The first-order chi connectivity index (χ1) is 8.41. The summed E-state index contributed by atoms with van der Waals surface area (Å²) in [5.74, 6) is -1.60. The third-order valence-corrected chi connectivity index (χ3v) is 2.49. The van der Waals surface area contributed by atoms with Crippen LogP contribution in [0.1, 0.15) is 24.9 Å². The molecule has 0 bridgehead atoms. The molecule has 18 heavy (non-hydrogen) atoms. The molecule has 0 saturated heterocycles. The fraction of sp³-hybridized carbons (Fsp3) is 0.333. The van der Waals surface area contributed by atoms with Crippen LogP contribution in [0.2, 0.25) is 0 Å². The standard InChI is InChI=1S/C12H16FN3O2/c1-7(8-4-2-3-5-9(8)13)16-12(18)10(14)6-11(15)17/h2-5,7,10H,6,14H2,1H3,(H2,15,17)(H,16,18). The van der Waals surface area contributed by atoms with Crippen LogP contribution in [0.3, 0.4) is 0 Å². The summed E-state index contributed by atoms with van der Waals surface area (Å²) in [6.45, 7) is 1.63. The lowest BCUT2D eigenvalue weighted by molar-refractivity contribution is -0.126. The number of rotatable bonds is 5. The van der Waals surface area contributed by atoms with Gasteiger partial charge in [0.2, 0.25) is 11.8 Å². The molecule has 1 aromatic carbocycles. The predicted octanol–water partition coefficient (Wildman–Crippen LogP) is 0.206. The van der Waals surface area contributed by atoms with Gasteiger partial charge in [-0.15, -0.1) is 0 Å². The van der Waals surface area contributed by atoms with Gasteiger partial charge in [-0.2, -0.15) is 0 Å². The van der Waals surface area contributed by atoms with Gasteiger partial charge in [0, 0.05) is 5.56 Å². The Labute approximate surface area is 104 Å². The Bertz CT molecular complexity index is 451. The summed E-state index contributed by atoms with van der Waals surface area (Å²) >= 11 is 0. The molecule has 0 aliphatic carbocycles. The molecule has 0 saturated carbocycles. The highest BCUT2D eigenvalue weighted by Crippen LogP contribution is 2.15. The molecule has 0 aliphatic heterocycles. The summed E-state index contributed by atoms with van der Waals surface area (Å²) in [6.07, 6.45) is -0.240. The number of halogens is 1.